The van der Waals surface area contributed by atoms with Crippen LogP contribution in [0.25, 0.3) is 0 Å². The van der Waals surface area contributed by atoms with Gasteiger partial charge in [-0.1, -0.05) is 0 Å². The highest BCUT2D eigenvalue weighted by Gasteiger charge is 2.16. The first-order chi connectivity index (χ1) is 7.60. The second-order valence-corrected chi connectivity index (χ2v) is 3.33. The molecule has 0 aliphatic heterocycles. The van der Waals surface area contributed by atoms with Gasteiger partial charge < -0.3 is 4.90 Å². The molecule has 0 bridgehead atoms. The van der Waals surface area contributed by atoms with Crippen molar-refractivity contribution in [1.82, 2.24) is 9.97 Å². The van der Waals surface area contributed by atoms with Crippen LogP contribution < -0.4 is 16.2 Å². The molecule has 3 N–H and O–H groups in total. The molecular formula is C9H13FN6. The lowest BCUT2D eigenvalue weighted by molar-refractivity contribution is 0.592. The van der Waals surface area contributed by atoms with Gasteiger partial charge in [-0.05, 0) is 6.92 Å². The molecule has 1 rings (SSSR count). The van der Waals surface area contributed by atoms with Crippen LogP contribution in [0.2, 0.25) is 0 Å². The van der Waals surface area contributed by atoms with Crippen molar-refractivity contribution in [2.75, 3.05) is 17.4 Å². The lowest BCUT2D eigenvalue weighted by atomic mass is 10.2. The molecule has 86 valence electrons. The van der Waals surface area contributed by atoms with E-state index in [9.17, 15) is 4.39 Å². The average molecular weight is 224 g/mol. The molecule has 0 spiro atoms. The first kappa shape index (κ1) is 12.1. The third kappa shape index (κ3) is 2.55. The van der Waals surface area contributed by atoms with E-state index in [0.29, 0.717) is 0 Å². The van der Waals surface area contributed by atoms with Crippen LogP contribution in [0.15, 0.2) is 6.20 Å². The number of nitriles is 1. The molecule has 1 heterocycles. The quantitative estimate of drug-likeness (QED) is 0.576. The highest BCUT2D eigenvalue weighted by molar-refractivity contribution is 5.43. The van der Waals surface area contributed by atoms with Crippen LogP contribution in [0.4, 0.5) is 16.2 Å². The Balaban J connectivity index is 2.98. The van der Waals surface area contributed by atoms with Gasteiger partial charge in [-0.15, -0.1) is 0 Å². The van der Waals surface area contributed by atoms with Crippen molar-refractivity contribution in [2.45, 2.75) is 19.4 Å². The van der Waals surface area contributed by atoms with Gasteiger partial charge in [0.05, 0.1) is 18.7 Å². The molecule has 0 saturated heterocycles. The van der Waals surface area contributed by atoms with E-state index in [1.54, 1.807) is 18.9 Å². The summed E-state index contributed by atoms with van der Waals surface area (Å²) >= 11 is 0. The summed E-state index contributed by atoms with van der Waals surface area (Å²) in [5.74, 6) is 4.83. The van der Waals surface area contributed by atoms with Crippen molar-refractivity contribution in [1.29, 1.82) is 5.26 Å². The van der Waals surface area contributed by atoms with Crippen molar-refractivity contribution >= 4 is 11.8 Å². The predicted molar refractivity (Wildman–Crippen MR) is 57.9 cm³/mol. The first-order valence-corrected chi connectivity index (χ1v) is 4.69. The standard InChI is InChI=1S/C9H13FN6/c1-6(3-4-11)16(2)8-7(10)5-13-9(14-8)15-12/h5-6H,3,12H2,1-2H3,(H,13,14,15). The van der Waals surface area contributed by atoms with Crippen LogP contribution in [-0.4, -0.2) is 23.1 Å². The summed E-state index contributed by atoms with van der Waals surface area (Å²) in [6.07, 6.45) is 1.32. The summed E-state index contributed by atoms with van der Waals surface area (Å²) in [7, 11) is 1.66. The van der Waals surface area contributed by atoms with Gasteiger partial charge in [0.2, 0.25) is 5.95 Å². The van der Waals surface area contributed by atoms with Gasteiger partial charge in [0.1, 0.15) is 0 Å². The monoisotopic (exact) mass is 224 g/mol. The van der Waals surface area contributed by atoms with E-state index in [4.69, 9.17) is 11.1 Å². The minimum Gasteiger partial charge on any atom is -0.353 e. The number of anilines is 2. The fraction of sp³-hybridized carbons (Fsp3) is 0.444. The van der Waals surface area contributed by atoms with Crippen molar-refractivity contribution in [3.63, 3.8) is 0 Å². The maximum Gasteiger partial charge on any atom is 0.239 e. The maximum atomic E-state index is 13.4. The number of nitrogen functional groups attached to an aromatic ring is 1. The molecule has 16 heavy (non-hydrogen) atoms. The van der Waals surface area contributed by atoms with Crippen molar-refractivity contribution in [3.05, 3.63) is 12.0 Å². The van der Waals surface area contributed by atoms with E-state index in [1.807, 2.05) is 6.07 Å². The molecule has 6 nitrogen and oxygen atoms in total. The van der Waals surface area contributed by atoms with Gasteiger partial charge >= 0.3 is 0 Å². The number of nitrogens with one attached hydrogen (secondary N) is 1. The molecule has 0 saturated carbocycles. The van der Waals surface area contributed by atoms with Crippen LogP contribution in [0, 0.1) is 17.1 Å². The summed E-state index contributed by atoms with van der Waals surface area (Å²) in [4.78, 5) is 9.09. The second-order valence-electron chi connectivity index (χ2n) is 3.33. The summed E-state index contributed by atoms with van der Waals surface area (Å²) < 4.78 is 13.4. The third-order valence-electron chi connectivity index (χ3n) is 2.24. The van der Waals surface area contributed by atoms with Gasteiger partial charge in [-0.3, -0.25) is 5.43 Å². The summed E-state index contributed by atoms with van der Waals surface area (Å²) in [5, 5.41) is 8.57. The van der Waals surface area contributed by atoms with Gasteiger partial charge in [0.25, 0.3) is 0 Å². The lowest BCUT2D eigenvalue weighted by Crippen LogP contribution is -2.30. The van der Waals surface area contributed by atoms with E-state index in [1.165, 1.54) is 0 Å². The van der Waals surface area contributed by atoms with E-state index in [-0.39, 0.29) is 24.2 Å². The minimum absolute atomic E-state index is 0.116. The smallest absolute Gasteiger partial charge is 0.239 e. The van der Waals surface area contributed by atoms with Gasteiger partial charge in [0, 0.05) is 13.1 Å². The molecule has 1 atom stereocenters. The highest BCUT2D eigenvalue weighted by Crippen LogP contribution is 2.18. The van der Waals surface area contributed by atoms with E-state index >= 15 is 0 Å². The molecule has 0 amide bonds. The molecule has 0 fully saturated rings. The first-order valence-electron chi connectivity index (χ1n) is 4.69. The van der Waals surface area contributed by atoms with E-state index in [0.717, 1.165) is 6.20 Å². The Bertz CT molecular complexity index is 401. The topological polar surface area (TPSA) is 90.9 Å². The molecule has 0 aliphatic carbocycles. The zero-order valence-corrected chi connectivity index (χ0v) is 9.11. The minimum atomic E-state index is -0.550. The molecular weight excluding hydrogens is 211 g/mol. The Labute approximate surface area is 92.9 Å². The van der Waals surface area contributed by atoms with E-state index in [2.05, 4.69) is 15.4 Å². The number of halogens is 1. The fourth-order valence-corrected chi connectivity index (χ4v) is 1.15. The Hall–Kier alpha value is -1.94. The van der Waals surface area contributed by atoms with Crippen molar-refractivity contribution in [2.24, 2.45) is 5.84 Å². The maximum absolute atomic E-state index is 13.4. The highest BCUT2D eigenvalue weighted by atomic mass is 19.1. The van der Waals surface area contributed by atoms with Crippen LogP contribution in [-0.2, 0) is 0 Å². The normalized spacial score (nSPS) is 11.7. The van der Waals surface area contributed by atoms with Gasteiger partial charge in [-0.25, -0.2) is 15.2 Å². The molecule has 1 aromatic rings. The average Bonchev–Trinajstić information content (AvgIpc) is 2.29. The van der Waals surface area contributed by atoms with Gasteiger partial charge in [-0.2, -0.15) is 10.2 Å². The lowest BCUT2D eigenvalue weighted by Gasteiger charge is -2.24. The van der Waals surface area contributed by atoms with Gasteiger partial charge in [0.15, 0.2) is 11.6 Å². The van der Waals surface area contributed by atoms with Crippen molar-refractivity contribution < 1.29 is 4.39 Å². The van der Waals surface area contributed by atoms with Crippen LogP contribution >= 0.6 is 0 Å². The summed E-state index contributed by atoms with van der Waals surface area (Å²) in [6.45, 7) is 1.81. The SMILES string of the molecule is CC(CC#N)N(C)c1nc(NN)ncc1F. The number of nitrogens with zero attached hydrogens (tertiary/aromatic N) is 4. The number of hydrazine groups is 1. The Morgan fingerprint density at radius 3 is 3.00 bits per heavy atom. The Kier molecular flexibility index (Phi) is 3.96. The van der Waals surface area contributed by atoms with Crippen LogP contribution in [0.1, 0.15) is 13.3 Å². The summed E-state index contributed by atoms with van der Waals surface area (Å²) in [5.41, 5.74) is 2.24. The third-order valence-corrected chi connectivity index (χ3v) is 2.24. The number of nitrogens with two attached hydrogens (primary N) is 1. The predicted octanol–water partition coefficient (Wildman–Crippen LogP) is 0.640. The zero-order valence-electron chi connectivity index (χ0n) is 9.11. The van der Waals surface area contributed by atoms with Crippen LogP contribution in [0.3, 0.4) is 0 Å². The molecule has 0 aromatic carbocycles. The summed E-state index contributed by atoms with van der Waals surface area (Å²) in [6, 6.07) is 1.88. The number of hydrogen-bond acceptors (Lipinski definition) is 6. The zero-order chi connectivity index (χ0) is 12.1. The molecule has 7 heteroatoms. The second kappa shape index (κ2) is 5.23. The Morgan fingerprint density at radius 1 is 1.75 bits per heavy atom. The number of hydrogen-bond donors (Lipinski definition) is 2. The number of rotatable bonds is 4. The van der Waals surface area contributed by atoms with E-state index < -0.39 is 5.82 Å². The molecule has 1 aromatic heterocycles. The number of aromatic nitrogens is 2. The molecule has 0 radical (unpaired) electrons. The largest absolute Gasteiger partial charge is 0.353 e. The fourth-order valence-electron chi connectivity index (χ4n) is 1.15. The molecule has 1 unspecified atom stereocenters. The van der Waals surface area contributed by atoms with Crippen LogP contribution in [0.5, 0.6) is 0 Å². The Morgan fingerprint density at radius 2 is 2.44 bits per heavy atom. The molecule has 0 aliphatic rings. The van der Waals surface area contributed by atoms with Crippen molar-refractivity contribution in [3.8, 4) is 6.07 Å².